The number of halogens is 2. The fourth-order valence-electron chi connectivity index (χ4n) is 2.65. The van der Waals surface area contributed by atoms with Crippen molar-refractivity contribution < 1.29 is 0 Å². The first kappa shape index (κ1) is 14.7. The van der Waals surface area contributed by atoms with Gasteiger partial charge in [-0.1, -0.05) is 30.1 Å². The van der Waals surface area contributed by atoms with E-state index in [4.69, 9.17) is 23.2 Å². The van der Waals surface area contributed by atoms with Crippen LogP contribution in [0.4, 0.5) is 11.6 Å². The van der Waals surface area contributed by atoms with E-state index in [1.807, 2.05) is 6.92 Å². The second kappa shape index (κ2) is 6.67. The maximum atomic E-state index is 6.34. The van der Waals surface area contributed by atoms with Crippen LogP contribution in [0.3, 0.4) is 0 Å². The summed E-state index contributed by atoms with van der Waals surface area (Å²) in [5.74, 6) is 1.59. The first-order valence-electron chi connectivity index (χ1n) is 7.03. The molecule has 5 heteroatoms. The summed E-state index contributed by atoms with van der Waals surface area (Å²) in [6.07, 6.45) is 4.83. The van der Waals surface area contributed by atoms with Crippen LogP contribution in [0.5, 0.6) is 0 Å². The SMILES string of the molecule is CCNc1nc(N2CCCCC2CC)c(Cl)cc1Cl. The normalized spacial score (nSPS) is 19.6. The van der Waals surface area contributed by atoms with Crippen molar-refractivity contribution in [2.24, 2.45) is 0 Å². The highest BCUT2D eigenvalue weighted by Crippen LogP contribution is 2.35. The first-order chi connectivity index (χ1) is 9.17. The molecule has 1 aliphatic rings. The Hall–Kier alpha value is -0.670. The number of rotatable bonds is 4. The molecule has 1 aromatic heterocycles. The molecule has 3 nitrogen and oxygen atoms in total. The average Bonchev–Trinajstić information content (AvgIpc) is 2.42. The Morgan fingerprint density at radius 3 is 2.79 bits per heavy atom. The maximum absolute atomic E-state index is 6.34. The van der Waals surface area contributed by atoms with Gasteiger partial charge < -0.3 is 10.2 Å². The van der Waals surface area contributed by atoms with Crippen LogP contribution in [-0.4, -0.2) is 24.1 Å². The number of hydrogen-bond donors (Lipinski definition) is 1. The summed E-state index contributed by atoms with van der Waals surface area (Å²) < 4.78 is 0. The van der Waals surface area contributed by atoms with E-state index >= 15 is 0 Å². The molecule has 1 atom stereocenters. The number of hydrogen-bond acceptors (Lipinski definition) is 3. The Morgan fingerprint density at radius 2 is 2.11 bits per heavy atom. The summed E-state index contributed by atoms with van der Waals surface area (Å²) in [5, 5.41) is 4.42. The molecule has 19 heavy (non-hydrogen) atoms. The molecule has 1 aliphatic heterocycles. The molecule has 1 fully saturated rings. The van der Waals surface area contributed by atoms with Crippen LogP contribution < -0.4 is 10.2 Å². The van der Waals surface area contributed by atoms with Crippen LogP contribution in [0.15, 0.2) is 6.07 Å². The molecule has 0 amide bonds. The van der Waals surface area contributed by atoms with Gasteiger partial charge in [0.05, 0.1) is 10.0 Å². The quantitative estimate of drug-likeness (QED) is 0.881. The van der Waals surface area contributed by atoms with Gasteiger partial charge in [0.15, 0.2) is 0 Å². The molecule has 0 spiro atoms. The highest BCUT2D eigenvalue weighted by Gasteiger charge is 2.24. The van der Waals surface area contributed by atoms with E-state index in [-0.39, 0.29) is 0 Å². The van der Waals surface area contributed by atoms with Crippen LogP contribution in [0.2, 0.25) is 10.0 Å². The molecule has 2 rings (SSSR count). The smallest absolute Gasteiger partial charge is 0.150 e. The summed E-state index contributed by atoms with van der Waals surface area (Å²) in [5.41, 5.74) is 0. The van der Waals surface area contributed by atoms with Gasteiger partial charge in [-0.3, -0.25) is 0 Å². The zero-order valence-corrected chi connectivity index (χ0v) is 13.1. The lowest BCUT2D eigenvalue weighted by molar-refractivity contribution is 0.447. The zero-order chi connectivity index (χ0) is 13.8. The number of aromatic nitrogens is 1. The van der Waals surface area contributed by atoms with Crippen LogP contribution >= 0.6 is 23.2 Å². The number of piperidine rings is 1. The van der Waals surface area contributed by atoms with Crippen molar-refractivity contribution in [2.75, 3.05) is 23.3 Å². The van der Waals surface area contributed by atoms with Crippen LogP contribution in [0.1, 0.15) is 39.5 Å². The molecule has 1 unspecified atom stereocenters. The molecule has 0 saturated carbocycles. The number of pyridine rings is 1. The topological polar surface area (TPSA) is 28.2 Å². The van der Waals surface area contributed by atoms with Crippen molar-refractivity contribution in [1.82, 2.24) is 4.98 Å². The van der Waals surface area contributed by atoms with Crippen LogP contribution in [0, 0.1) is 0 Å². The summed E-state index contributed by atoms with van der Waals surface area (Å²) in [6.45, 7) is 6.07. The second-order valence-electron chi connectivity index (χ2n) is 4.91. The van der Waals surface area contributed by atoms with Crippen molar-refractivity contribution >= 4 is 34.8 Å². The highest BCUT2D eigenvalue weighted by molar-refractivity contribution is 6.37. The molecule has 2 heterocycles. The predicted octanol–water partition coefficient (Wildman–Crippen LogP) is 4.59. The van der Waals surface area contributed by atoms with Gasteiger partial charge in [-0.15, -0.1) is 0 Å². The van der Waals surface area contributed by atoms with Gasteiger partial charge in [0.25, 0.3) is 0 Å². The Balaban J connectivity index is 2.34. The number of nitrogens with zero attached hydrogens (tertiary/aromatic N) is 2. The lowest BCUT2D eigenvalue weighted by atomic mass is 10.00. The van der Waals surface area contributed by atoms with Gasteiger partial charge in [-0.05, 0) is 38.7 Å². The van der Waals surface area contributed by atoms with Gasteiger partial charge in [0, 0.05) is 19.1 Å². The van der Waals surface area contributed by atoms with E-state index < -0.39 is 0 Å². The molecule has 1 saturated heterocycles. The Morgan fingerprint density at radius 1 is 1.32 bits per heavy atom. The minimum absolute atomic E-state index is 0.536. The molecular weight excluding hydrogens is 281 g/mol. The molecule has 0 bridgehead atoms. The molecular formula is C14H21Cl2N3. The summed E-state index contributed by atoms with van der Waals surface area (Å²) in [4.78, 5) is 6.97. The fraction of sp³-hybridized carbons (Fsp3) is 0.643. The van der Waals surface area contributed by atoms with E-state index in [2.05, 4.69) is 22.1 Å². The van der Waals surface area contributed by atoms with Crippen LogP contribution in [0.25, 0.3) is 0 Å². The zero-order valence-electron chi connectivity index (χ0n) is 11.5. The third-order valence-corrected chi connectivity index (χ3v) is 4.19. The van der Waals surface area contributed by atoms with E-state index in [0.29, 0.717) is 16.1 Å². The molecule has 1 aromatic rings. The van der Waals surface area contributed by atoms with Gasteiger partial charge in [0.1, 0.15) is 11.6 Å². The lowest BCUT2D eigenvalue weighted by Gasteiger charge is -2.36. The van der Waals surface area contributed by atoms with Gasteiger partial charge in [-0.2, -0.15) is 0 Å². The molecule has 0 aromatic carbocycles. The number of anilines is 2. The van der Waals surface area contributed by atoms with Crippen molar-refractivity contribution in [2.45, 2.75) is 45.6 Å². The molecule has 1 N–H and O–H groups in total. The minimum Gasteiger partial charge on any atom is -0.369 e. The van der Waals surface area contributed by atoms with Gasteiger partial charge in [0.2, 0.25) is 0 Å². The van der Waals surface area contributed by atoms with E-state index in [1.165, 1.54) is 19.3 Å². The van der Waals surface area contributed by atoms with Crippen molar-refractivity contribution in [3.63, 3.8) is 0 Å². The predicted molar refractivity (Wildman–Crippen MR) is 83.7 cm³/mol. The molecule has 0 radical (unpaired) electrons. The lowest BCUT2D eigenvalue weighted by Crippen LogP contribution is -2.39. The minimum atomic E-state index is 0.536. The van der Waals surface area contributed by atoms with E-state index in [0.717, 1.165) is 31.1 Å². The van der Waals surface area contributed by atoms with Gasteiger partial charge in [-0.25, -0.2) is 4.98 Å². The Bertz CT molecular complexity index is 437. The van der Waals surface area contributed by atoms with Crippen molar-refractivity contribution in [1.29, 1.82) is 0 Å². The third kappa shape index (κ3) is 3.26. The average molecular weight is 302 g/mol. The van der Waals surface area contributed by atoms with Gasteiger partial charge >= 0.3 is 0 Å². The standard InChI is InChI=1S/C14H21Cl2N3/c1-3-10-7-5-6-8-19(10)14-12(16)9-11(15)13(18-14)17-4-2/h9-10H,3-8H2,1-2H3,(H,17,18). The van der Waals surface area contributed by atoms with E-state index in [9.17, 15) is 0 Å². The monoisotopic (exact) mass is 301 g/mol. The largest absolute Gasteiger partial charge is 0.369 e. The summed E-state index contributed by atoms with van der Waals surface area (Å²) >= 11 is 12.5. The van der Waals surface area contributed by atoms with Crippen molar-refractivity contribution in [3.05, 3.63) is 16.1 Å². The van der Waals surface area contributed by atoms with Crippen molar-refractivity contribution in [3.8, 4) is 0 Å². The Kier molecular flexibility index (Phi) is 5.17. The Labute approximate surface area is 125 Å². The van der Waals surface area contributed by atoms with E-state index in [1.54, 1.807) is 6.07 Å². The summed E-state index contributed by atoms with van der Waals surface area (Å²) in [6, 6.07) is 2.33. The molecule has 0 aliphatic carbocycles. The third-order valence-electron chi connectivity index (χ3n) is 3.63. The second-order valence-corrected chi connectivity index (χ2v) is 5.72. The highest BCUT2D eigenvalue weighted by atomic mass is 35.5. The van der Waals surface area contributed by atoms with Crippen LogP contribution in [-0.2, 0) is 0 Å². The maximum Gasteiger partial charge on any atom is 0.150 e. The summed E-state index contributed by atoms with van der Waals surface area (Å²) in [7, 11) is 0. The molecule has 106 valence electrons. The fourth-order valence-corrected chi connectivity index (χ4v) is 3.19. The first-order valence-corrected chi connectivity index (χ1v) is 7.79. The number of nitrogens with one attached hydrogen (secondary N) is 1.